The van der Waals surface area contributed by atoms with Gasteiger partial charge >= 0.3 is 0 Å². The Hall–Kier alpha value is -2.26. The topological polar surface area (TPSA) is 14.2 Å². The number of hydrogen-bond acceptors (Lipinski definition) is 1. The molecule has 27 heavy (non-hydrogen) atoms. The molecular formula is C24H24BrNO. The first kappa shape index (κ1) is 18.1. The fourth-order valence-corrected chi connectivity index (χ4v) is 4.37. The maximum absolute atomic E-state index is 5.46. The van der Waals surface area contributed by atoms with Crippen LogP contribution in [0.2, 0.25) is 0 Å². The summed E-state index contributed by atoms with van der Waals surface area (Å²) in [4.78, 5) is 0. The predicted octanol–water partition coefficient (Wildman–Crippen LogP) is 7.29. The summed E-state index contributed by atoms with van der Waals surface area (Å²) in [6.45, 7) is 2.25. The van der Waals surface area contributed by atoms with E-state index in [-0.39, 0.29) is 0 Å². The van der Waals surface area contributed by atoms with Gasteiger partial charge in [0.2, 0.25) is 0 Å². The van der Waals surface area contributed by atoms with Crippen molar-refractivity contribution in [2.75, 3.05) is 7.11 Å². The van der Waals surface area contributed by atoms with Crippen LogP contribution in [0.3, 0.4) is 0 Å². The molecule has 0 amide bonds. The Kier molecular flexibility index (Phi) is 5.22. The number of hydrogen-bond donors (Lipinski definition) is 0. The molecule has 0 fully saturated rings. The zero-order valence-corrected chi connectivity index (χ0v) is 17.4. The van der Waals surface area contributed by atoms with Crippen molar-refractivity contribution in [1.82, 2.24) is 4.57 Å². The standard InChI is InChI=1S/C24H24BrNO/c1-3-4-5-7-17-10-12-18(13-11-17)26-22-15-14-19(27-2)16-20(22)24-21(25)8-6-9-23(24)26/h6,8-16H,3-5,7H2,1-2H3. The zero-order valence-electron chi connectivity index (χ0n) is 15.8. The first-order valence-corrected chi connectivity index (χ1v) is 10.4. The summed E-state index contributed by atoms with van der Waals surface area (Å²) in [5.41, 5.74) is 5.00. The van der Waals surface area contributed by atoms with Gasteiger partial charge in [-0.05, 0) is 60.9 Å². The van der Waals surface area contributed by atoms with Gasteiger partial charge in [0.25, 0.3) is 0 Å². The highest BCUT2D eigenvalue weighted by molar-refractivity contribution is 9.10. The largest absolute Gasteiger partial charge is 0.497 e. The lowest BCUT2D eigenvalue weighted by Crippen LogP contribution is -1.95. The van der Waals surface area contributed by atoms with E-state index in [2.05, 4.69) is 82.0 Å². The van der Waals surface area contributed by atoms with Crippen molar-refractivity contribution in [3.63, 3.8) is 0 Å². The molecule has 1 aromatic heterocycles. The van der Waals surface area contributed by atoms with Crippen LogP contribution in [0.5, 0.6) is 5.75 Å². The Labute approximate surface area is 168 Å². The van der Waals surface area contributed by atoms with Crippen LogP contribution in [0, 0.1) is 0 Å². The second-order valence-corrected chi connectivity index (χ2v) is 7.83. The lowest BCUT2D eigenvalue weighted by molar-refractivity contribution is 0.415. The van der Waals surface area contributed by atoms with Gasteiger partial charge in [-0.2, -0.15) is 0 Å². The van der Waals surface area contributed by atoms with E-state index in [1.54, 1.807) is 7.11 Å². The second-order valence-electron chi connectivity index (χ2n) is 6.98. The molecule has 1 heterocycles. The summed E-state index contributed by atoms with van der Waals surface area (Å²) in [7, 11) is 1.71. The molecule has 0 aliphatic heterocycles. The van der Waals surface area contributed by atoms with Crippen LogP contribution in [0.4, 0.5) is 0 Å². The van der Waals surface area contributed by atoms with Gasteiger partial charge in [-0.25, -0.2) is 0 Å². The molecule has 4 aromatic rings. The van der Waals surface area contributed by atoms with Crippen LogP contribution in [-0.4, -0.2) is 11.7 Å². The van der Waals surface area contributed by atoms with E-state index in [0.717, 1.165) is 16.6 Å². The third-order valence-electron chi connectivity index (χ3n) is 5.21. The van der Waals surface area contributed by atoms with E-state index in [1.165, 1.54) is 52.3 Å². The SMILES string of the molecule is CCCCCc1ccc(-n2c3ccc(OC)cc3c3c(Br)cccc32)cc1. The highest BCUT2D eigenvalue weighted by Crippen LogP contribution is 2.37. The molecule has 2 nitrogen and oxygen atoms in total. The first-order chi connectivity index (χ1) is 13.2. The summed E-state index contributed by atoms with van der Waals surface area (Å²) < 4.78 is 8.91. The Bertz CT molecular complexity index is 1080. The molecule has 3 heteroatoms. The van der Waals surface area contributed by atoms with E-state index >= 15 is 0 Å². The summed E-state index contributed by atoms with van der Waals surface area (Å²) in [5.74, 6) is 0.878. The predicted molar refractivity (Wildman–Crippen MR) is 118 cm³/mol. The summed E-state index contributed by atoms with van der Waals surface area (Å²) >= 11 is 3.74. The van der Waals surface area contributed by atoms with E-state index in [0.29, 0.717) is 0 Å². The lowest BCUT2D eigenvalue weighted by Gasteiger charge is -2.09. The quantitative estimate of drug-likeness (QED) is 0.298. The van der Waals surface area contributed by atoms with Gasteiger partial charge in [-0.1, -0.05) is 53.9 Å². The van der Waals surface area contributed by atoms with Crippen molar-refractivity contribution < 1.29 is 4.74 Å². The summed E-state index contributed by atoms with van der Waals surface area (Å²) in [5, 5.41) is 2.42. The molecule has 0 radical (unpaired) electrons. The van der Waals surface area contributed by atoms with Gasteiger partial charge < -0.3 is 9.30 Å². The van der Waals surface area contributed by atoms with Crippen LogP contribution in [0.25, 0.3) is 27.5 Å². The number of ether oxygens (including phenoxy) is 1. The van der Waals surface area contributed by atoms with E-state index < -0.39 is 0 Å². The Balaban J connectivity index is 1.86. The minimum absolute atomic E-state index is 0.878. The molecule has 138 valence electrons. The normalized spacial score (nSPS) is 11.4. The molecule has 0 bridgehead atoms. The fourth-order valence-electron chi connectivity index (χ4n) is 3.80. The Morgan fingerprint density at radius 1 is 0.926 bits per heavy atom. The molecule has 0 saturated carbocycles. The van der Waals surface area contributed by atoms with Crippen LogP contribution in [0.1, 0.15) is 31.7 Å². The molecule has 0 spiro atoms. The number of aryl methyl sites for hydroxylation is 1. The minimum atomic E-state index is 0.878. The van der Waals surface area contributed by atoms with Gasteiger partial charge in [-0.15, -0.1) is 0 Å². The number of fused-ring (bicyclic) bond motifs is 3. The van der Waals surface area contributed by atoms with E-state index in [1.807, 2.05) is 6.07 Å². The molecule has 0 saturated heterocycles. The minimum Gasteiger partial charge on any atom is -0.497 e. The van der Waals surface area contributed by atoms with Crippen LogP contribution in [-0.2, 0) is 6.42 Å². The van der Waals surface area contributed by atoms with E-state index in [9.17, 15) is 0 Å². The Morgan fingerprint density at radius 2 is 1.74 bits per heavy atom. The average molecular weight is 422 g/mol. The maximum Gasteiger partial charge on any atom is 0.119 e. The summed E-state index contributed by atoms with van der Waals surface area (Å²) in [6, 6.07) is 21.7. The van der Waals surface area contributed by atoms with Crippen LogP contribution in [0.15, 0.2) is 65.1 Å². The van der Waals surface area contributed by atoms with Gasteiger partial charge in [0.1, 0.15) is 5.75 Å². The number of halogens is 1. The smallest absolute Gasteiger partial charge is 0.119 e. The van der Waals surface area contributed by atoms with Gasteiger partial charge in [0.05, 0.1) is 18.1 Å². The third kappa shape index (κ3) is 3.37. The van der Waals surface area contributed by atoms with Crippen molar-refractivity contribution in [3.05, 3.63) is 70.7 Å². The number of methoxy groups -OCH3 is 1. The molecule has 0 unspecified atom stereocenters. The van der Waals surface area contributed by atoms with Gasteiger partial charge in [0.15, 0.2) is 0 Å². The monoisotopic (exact) mass is 421 g/mol. The lowest BCUT2D eigenvalue weighted by atomic mass is 10.1. The number of aromatic nitrogens is 1. The summed E-state index contributed by atoms with van der Waals surface area (Å²) in [6.07, 6.45) is 4.98. The molecule has 4 rings (SSSR count). The Morgan fingerprint density at radius 3 is 2.48 bits per heavy atom. The number of unbranched alkanes of at least 4 members (excludes halogenated alkanes) is 2. The molecule has 0 atom stereocenters. The average Bonchev–Trinajstić information content (AvgIpc) is 3.03. The molecule has 0 aliphatic rings. The molecule has 3 aromatic carbocycles. The zero-order chi connectivity index (χ0) is 18.8. The highest BCUT2D eigenvalue weighted by atomic mass is 79.9. The van der Waals surface area contributed by atoms with Crippen molar-refractivity contribution in [2.45, 2.75) is 32.6 Å². The molecule has 0 N–H and O–H groups in total. The molecule has 0 aliphatic carbocycles. The van der Waals surface area contributed by atoms with Gasteiger partial charge in [0, 0.05) is 20.9 Å². The van der Waals surface area contributed by atoms with Crippen molar-refractivity contribution in [1.29, 1.82) is 0 Å². The maximum atomic E-state index is 5.46. The number of benzene rings is 3. The van der Waals surface area contributed by atoms with E-state index in [4.69, 9.17) is 4.74 Å². The van der Waals surface area contributed by atoms with Crippen molar-refractivity contribution in [2.24, 2.45) is 0 Å². The van der Waals surface area contributed by atoms with Crippen molar-refractivity contribution in [3.8, 4) is 11.4 Å². The number of nitrogens with zero attached hydrogens (tertiary/aromatic N) is 1. The number of rotatable bonds is 6. The second kappa shape index (κ2) is 7.77. The van der Waals surface area contributed by atoms with Crippen LogP contribution >= 0.6 is 15.9 Å². The third-order valence-corrected chi connectivity index (χ3v) is 5.87. The van der Waals surface area contributed by atoms with Crippen molar-refractivity contribution >= 4 is 37.7 Å². The van der Waals surface area contributed by atoms with Crippen LogP contribution < -0.4 is 4.74 Å². The fraction of sp³-hybridized carbons (Fsp3) is 0.250. The molecular weight excluding hydrogens is 398 g/mol. The van der Waals surface area contributed by atoms with Gasteiger partial charge in [-0.3, -0.25) is 0 Å². The first-order valence-electron chi connectivity index (χ1n) is 9.59. The highest BCUT2D eigenvalue weighted by Gasteiger charge is 2.15.